The maximum Gasteiger partial charge on any atom is 0.228 e. The Hall–Kier alpha value is -2.23. The van der Waals surface area contributed by atoms with Crippen molar-refractivity contribution in [3.05, 3.63) is 48.0 Å². The second-order valence-electron chi connectivity index (χ2n) is 4.07. The Morgan fingerprint density at radius 1 is 1.00 bits per heavy atom. The van der Waals surface area contributed by atoms with Crippen LogP contribution in [-0.2, 0) is 4.79 Å². The molecule has 0 aliphatic rings. The molecule has 2 aromatic heterocycles. The second-order valence-corrected chi connectivity index (χ2v) is 4.07. The molecule has 4 nitrogen and oxygen atoms in total. The molecule has 0 aromatic carbocycles. The van der Waals surface area contributed by atoms with Crippen LogP contribution < -0.4 is 4.90 Å². The van der Waals surface area contributed by atoms with Crippen LogP contribution in [0.5, 0.6) is 0 Å². The SMILES string of the molecule is CC(=O)N(c1cccnc1C)c1cccnc1C. The van der Waals surface area contributed by atoms with Crippen molar-refractivity contribution in [2.45, 2.75) is 20.8 Å². The summed E-state index contributed by atoms with van der Waals surface area (Å²) in [7, 11) is 0. The lowest BCUT2D eigenvalue weighted by Gasteiger charge is -2.23. The van der Waals surface area contributed by atoms with Gasteiger partial charge in [-0.25, -0.2) is 0 Å². The van der Waals surface area contributed by atoms with Gasteiger partial charge in [-0.2, -0.15) is 0 Å². The van der Waals surface area contributed by atoms with Gasteiger partial charge < -0.3 is 0 Å². The Bertz CT molecular complexity index is 535. The highest BCUT2D eigenvalue weighted by Gasteiger charge is 2.18. The number of hydrogen-bond donors (Lipinski definition) is 0. The lowest BCUT2D eigenvalue weighted by atomic mass is 10.2. The second kappa shape index (κ2) is 4.96. The molecule has 92 valence electrons. The third kappa shape index (κ3) is 2.22. The van der Waals surface area contributed by atoms with E-state index in [9.17, 15) is 4.79 Å². The molecule has 18 heavy (non-hydrogen) atoms. The van der Waals surface area contributed by atoms with E-state index in [2.05, 4.69) is 9.97 Å². The van der Waals surface area contributed by atoms with Crippen LogP contribution in [0.1, 0.15) is 18.3 Å². The summed E-state index contributed by atoms with van der Waals surface area (Å²) < 4.78 is 0. The standard InChI is InChI=1S/C14H15N3O/c1-10-13(6-4-8-15-10)17(12(3)18)14-7-5-9-16-11(14)2/h4-9H,1-3H3. The molecule has 0 radical (unpaired) electrons. The Morgan fingerprint density at radius 3 is 1.78 bits per heavy atom. The molecule has 0 aliphatic carbocycles. The van der Waals surface area contributed by atoms with Crippen molar-refractivity contribution in [1.82, 2.24) is 9.97 Å². The van der Waals surface area contributed by atoms with Gasteiger partial charge in [-0.3, -0.25) is 19.7 Å². The molecule has 0 unspecified atom stereocenters. The van der Waals surface area contributed by atoms with Crippen LogP contribution in [0, 0.1) is 13.8 Å². The molecule has 0 atom stereocenters. The van der Waals surface area contributed by atoms with E-state index in [1.165, 1.54) is 0 Å². The third-order valence-corrected chi connectivity index (χ3v) is 2.75. The highest BCUT2D eigenvalue weighted by atomic mass is 16.2. The molecule has 0 bridgehead atoms. The van der Waals surface area contributed by atoms with Crippen LogP contribution in [0.2, 0.25) is 0 Å². The maximum absolute atomic E-state index is 11.9. The van der Waals surface area contributed by atoms with Gasteiger partial charge in [0.1, 0.15) is 0 Å². The maximum atomic E-state index is 11.9. The van der Waals surface area contributed by atoms with E-state index < -0.39 is 0 Å². The number of aromatic nitrogens is 2. The van der Waals surface area contributed by atoms with Crippen molar-refractivity contribution >= 4 is 17.3 Å². The zero-order valence-corrected chi connectivity index (χ0v) is 10.7. The van der Waals surface area contributed by atoms with Crippen LogP contribution in [-0.4, -0.2) is 15.9 Å². The van der Waals surface area contributed by atoms with Crippen LogP contribution in [0.3, 0.4) is 0 Å². The fourth-order valence-corrected chi connectivity index (χ4v) is 1.89. The molecule has 0 fully saturated rings. The van der Waals surface area contributed by atoms with Crippen LogP contribution in [0.4, 0.5) is 11.4 Å². The van der Waals surface area contributed by atoms with E-state index in [0.717, 1.165) is 22.8 Å². The smallest absolute Gasteiger partial charge is 0.228 e. The Balaban J connectivity index is 2.58. The molecule has 2 aromatic rings. The number of carbonyl (C=O) groups excluding carboxylic acids is 1. The Morgan fingerprint density at radius 2 is 1.44 bits per heavy atom. The van der Waals surface area contributed by atoms with Crippen LogP contribution in [0.25, 0.3) is 0 Å². The largest absolute Gasteiger partial charge is 0.278 e. The first-order chi connectivity index (χ1) is 8.61. The molecule has 1 amide bonds. The van der Waals surface area contributed by atoms with Gasteiger partial charge in [-0.15, -0.1) is 0 Å². The predicted molar refractivity (Wildman–Crippen MR) is 70.8 cm³/mol. The van der Waals surface area contributed by atoms with Gasteiger partial charge in [-0.1, -0.05) is 0 Å². The highest BCUT2D eigenvalue weighted by Crippen LogP contribution is 2.28. The fraction of sp³-hybridized carbons (Fsp3) is 0.214. The van der Waals surface area contributed by atoms with Gasteiger partial charge in [0, 0.05) is 19.3 Å². The van der Waals surface area contributed by atoms with E-state index in [0.29, 0.717) is 0 Å². The molecule has 2 heterocycles. The highest BCUT2D eigenvalue weighted by molar-refractivity contribution is 5.99. The van der Waals surface area contributed by atoms with Crippen molar-refractivity contribution < 1.29 is 4.79 Å². The molecule has 0 N–H and O–H groups in total. The van der Waals surface area contributed by atoms with E-state index in [1.54, 1.807) is 24.2 Å². The first-order valence-electron chi connectivity index (χ1n) is 5.75. The van der Waals surface area contributed by atoms with Gasteiger partial charge in [0.2, 0.25) is 5.91 Å². The van der Waals surface area contributed by atoms with Gasteiger partial charge in [0.05, 0.1) is 22.8 Å². The van der Waals surface area contributed by atoms with Gasteiger partial charge in [0.25, 0.3) is 0 Å². The number of pyridine rings is 2. The van der Waals surface area contributed by atoms with Crippen molar-refractivity contribution in [3.8, 4) is 0 Å². The van der Waals surface area contributed by atoms with Crippen molar-refractivity contribution in [2.24, 2.45) is 0 Å². The minimum Gasteiger partial charge on any atom is -0.278 e. The van der Waals surface area contributed by atoms with Gasteiger partial charge >= 0.3 is 0 Å². The summed E-state index contributed by atoms with van der Waals surface area (Å²) in [4.78, 5) is 22.0. The monoisotopic (exact) mass is 241 g/mol. The molecular weight excluding hydrogens is 226 g/mol. The minimum atomic E-state index is -0.0535. The van der Waals surface area contributed by atoms with Gasteiger partial charge in [0.15, 0.2) is 0 Å². The Labute approximate surface area is 106 Å². The Kier molecular flexibility index (Phi) is 3.37. The predicted octanol–water partition coefficient (Wildman–Crippen LogP) is 2.78. The normalized spacial score (nSPS) is 10.2. The number of aryl methyl sites for hydroxylation is 2. The summed E-state index contributed by atoms with van der Waals surface area (Å²) in [5, 5.41) is 0. The third-order valence-electron chi connectivity index (χ3n) is 2.75. The number of hydrogen-bond acceptors (Lipinski definition) is 3. The van der Waals surface area contributed by atoms with Crippen LogP contribution >= 0.6 is 0 Å². The molecule has 0 saturated heterocycles. The molecule has 2 rings (SSSR count). The summed E-state index contributed by atoms with van der Waals surface area (Å²) in [6.07, 6.45) is 3.43. The summed E-state index contributed by atoms with van der Waals surface area (Å²) in [5.41, 5.74) is 3.22. The summed E-state index contributed by atoms with van der Waals surface area (Å²) in [5.74, 6) is -0.0535. The molecule has 0 saturated carbocycles. The minimum absolute atomic E-state index is 0.0535. The zero-order chi connectivity index (χ0) is 13.1. The number of carbonyl (C=O) groups is 1. The topological polar surface area (TPSA) is 46.1 Å². The summed E-state index contributed by atoms with van der Waals surface area (Å²) in [6.45, 7) is 5.31. The average molecular weight is 241 g/mol. The quantitative estimate of drug-likeness (QED) is 0.812. The fourth-order valence-electron chi connectivity index (χ4n) is 1.89. The van der Waals surface area contributed by atoms with Crippen molar-refractivity contribution in [2.75, 3.05) is 4.90 Å². The van der Waals surface area contributed by atoms with E-state index in [1.807, 2.05) is 38.1 Å². The number of anilines is 2. The van der Waals surface area contributed by atoms with E-state index >= 15 is 0 Å². The number of rotatable bonds is 2. The molecule has 4 heteroatoms. The van der Waals surface area contributed by atoms with Gasteiger partial charge in [-0.05, 0) is 38.1 Å². The summed E-state index contributed by atoms with van der Waals surface area (Å²) >= 11 is 0. The molecular formula is C14H15N3O. The molecule has 0 spiro atoms. The molecule has 0 aliphatic heterocycles. The number of amides is 1. The van der Waals surface area contributed by atoms with Crippen molar-refractivity contribution in [1.29, 1.82) is 0 Å². The number of nitrogens with zero attached hydrogens (tertiary/aromatic N) is 3. The van der Waals surface area contributed by atoms with Crippen LogP contribution in [0.15, 0.2) is 36.7 Å². The first-order valence-corrected chi connectivity index (χ1v) is 5.75. The lowest BCUT2D eigenvalue weighted by molar-refractivity contribution is -0.115. The average Bonchev–Trinajstić information content (AvgIpc) is 2.34. The zero-order valence-electron chi connectivity index (χ0n) is 10.7. The van der Waals surface area contributed by atoms with Crippen molar-refractivity contribution in [3.63, 3.8) is 0 Å². The summed E-state index contributed by atoms with van der Waals surface area (Å²) in [6, 6.07) is 7.42. The first kappa shape index (κ1) is 12.2. The lowest BCUT2D eigenvalue weighted by Crippen LogP contribution is -2.24. The van der Waals surface area contributed by atoms with E-state index in [4.69, 9.17) is 0 Å². The van der Waals surface area contributed by atoms with E-state index in [-0.39, 0.29) is 5.91 Å².